The van der Waals surface area contributed by atoms with Gasteiger partial charge in [0.15, 0.2) is 0 Å². The first-order chi connectivity index (χ1) is 8.33. The van der Waals surface area contributed by atoms with Crippen LogP contribution in [0.5, 0.6) is 0 Å². The summed E-state index contributed by atoms with van der Waals surface area (Å²) in [5, 5.41) is 2.75. The minimum atomic E-state index is 0.532. The molecule has 3 heteroatoms. The molecule has 0 amide bonds. The predicted molar refractivity (Wildman–Crippen MR) is 70.4 cm³/mol. The van der Waals surface area contributed by atoms with Crippen LogP contribution in [-0.4, -0.2) is 9.97 Å². The van der Waals surface area contributed by atoms with E-state index in [4.69, 9.17) is 11.6 Å². The zero-order valence-corrected chi connectivity index (χ0v) is 10.5. The van der Waals surface area contributed by atoms with Gasteiger partial charge in [-0.05, 0) is 25.0 Å². The molecule has 1 aliphatic rings. The van der Waals surface area contributed by atoms with E-state index in [1.807, 2.05) is 18.5 Å². The van der Waals surface area contributed by atoms with E-state index < -0.39 is 0 Å². The molecule has 3 rings (SSSR count). The van der Waals surface area contributed by atoms with Crippen LogP contribution in [0, 0.1) is 0 Å². The molecule has 0 bridgehead atoms. The normalized spacial score (nSPS) is 17.5. The van der Waals surface area contributed by atoms with Crippen molar-refractivity contribution in [3.8, 4) is 0 Å². The Labute approximate surface area is 106 Å². The molecule has 88 valence electrons. The van der Waals surface area contributed by atoms with Gasteiger partial charge >= 0.3 is 0 Å². The molecule has 1 aliphatic carbocycles. The van der Waals surface area contributed by atoms with Crippen molar-refractivity contribution in [3.63, 3.8) is 0 Å². The van der Waals surface area contributed by atoms with Crippen LogP contribution in [0.1, 0.15) is 43.7 Å². The second-order valence-corrected chi connectivity index (χ2v) is 5.19. The number of aromatic nitrogens is 2. The molecule has 0 saturated heterocycles. The first-order valence-electron chi connectivity index (χ1n) is 6.24. The molecule has 1 fully saturated rings. The summed E-state index contributed by atoms with van der Waals surface area (Å²) in [6.07, 6.45) is 10.4. The summed E-state index contributed by atoms with van der Waals surface area (Å²) >= 11 is 5.87. The van der Waals surface area contributed by atoms with Crippen LogP contribution in [0.25, 0.3) is 10.8 Å². The smallest absolute Gasteiger partial charge is 0.129 e. The van der Waals surface area contributed by atoms with Crippen molar-refractivity contribution in [1.82, 2.24) is 9.97 Å². The first-order valence-corrected chi connectivity index (χ1v) is 6.62. The van der Waals surface area contributed by atoms with Gasteiger partial charge in [0, 0.05) is 34.8 Å². The van der Waals surface area contributed by atoms with Gasteiger partial charge in [-0.3, -0.25) is 4.98 Å². The van der Waals surface area contributed by atoms with Crippen molar-refractivity contribution in [2.45, 2.75) is 38.0 Å². The van der Waals surface area contributed by atoms with Crippen LogP contribution in [0.15, 0.2) is 24.5 Å². The van der Waals surface area contributed by atoms with Crippen molar-refractivity contribution in [3.05, 3.63) is 35.4 Å². The summed E-state index contributed by atoms with van der Waals surface area (Å²) in [6.45, 7) is 0. The molecule has 0 N–H and O–H groups in total. The Morgan fingerprint density at radius 2 is 1.65 bits per heavy atom. The number of nitrogens with zero attached hydrogens (tertiary/aromatic N) is 2. The maximum atomic E-state index is 5.87. The van der Waals surface area contributed by atoms with Gasteiger partial charge in [0.1, 0.15) is 5.15 Å². The third kappa shape index (κ3) is 2.27. The number of hydrogen-bond donors (Lipinski definition) is 0. The molecule has 2 heterocycles. The van der Waals surface area contributed by atoms with Crippen LogP contribution < -0.4 is 0 Å². The number of fused-ring (bicyclic) bond motifs is 1. The minimum Gasteiger partial charge on any atom is -0.260 e. The third-order valence-corrected chi connectivity index (χ3v) is 3.82. The molecule has 2 aromatic heterocycles. The molecule has 0 spiro atoms. The van der Waals surface area contributed by atoms with E-state index in [9.17, 15) is 0 Å². The lowest BCUT2D eigenvalue weighted by Gasteiger charge is -2.21. The molecule has 17 heavy (non-hydrogen) atoms. The summed E-state index contributed by atoms with van der Waals surface area (Å²) in [4.78, 5) is 8.72. The molecule has 2 aromatic rings. The molecule has 0 atom stereocenters. The Morgan fingerprint density at radius 1 is 0.941 bits per heavy atom. The number of halogens is 1. The van der Waals surface area contributed by atoms with Crippen molar-refractivity contribution in [2.24, 2.45) is 0 Å². The van der Waals surface area contributed by atoms with Crippen LogP contribution in [0.3, 0.4) is 0 Å². The van der Waals surface area contributed by atoms with E-state index in [1.54, 1.807) is 0 Å². The van der Waals surface area contributed by atoms with Crippen molar-refractivity contribution in [1.29, 1.82) is 0 Å². The Hall–Kier alpha value is -1.15. The summed E-state index contributed by atoms with van der Waals surface area (Å²) in [5.74, 6) is 0.642. The zero-order chi connectivity index (χ0) is 11.7. The third-order valence-electron chi connectivity index (χ3n) is 3.61. The van der Waals surface area contributed by atoms with Gasteiger partial charge in [-0.15, -0.1) is 0 Å². The van der Waals surface area contributed by atoms with Crippen LogP contribution in [-0.2, 0) is 0 Å². The molecular weight excluding hydrogens is 232 g/mol. The lowest BCUT2D eigenvalue weighted by atomic mass is 9.86. The monoisotopic (exact) mass is 246 g/mol. The van der Waals surface area contributed by atoms with Crippen LogP contribution >= 0.6 is 11.6 Å². The van der Waals surface area contributed by atoms with Gasteiger partial charge in [-0.1, -0.05) is 30.9 Å². The Balaban J connectivity index is 1.98. The van der Waals surface area contributed by atoms with Gasteiger partial charge in [0.2, 0.25) is 0 Å². The summed E-state index contributed by atoms with van der Waals surface area (Å²) in [5.41, 5.74) is 1.22. The molecule has 1 saturated carbocycles. The fourth-order valence-electron chi connectivity index (χ4n) is 2.65. The van der Waals surface area contributed by atoms with Gasteiger partial charge in [0.25, 0.3) is 0 Å². The van der Waals surface area contributed by atoms with Crippen LogP contribution in [0.4, 0.5) is 0 Å². The average molecular weight is 247 g/mol. The molecular formula is C14H15ClN2. The highest BCUT2D eigenvalue weighted by Crippen LogP contribution is 2.32. The largest absolute Gasteiger partial charge is 0.260 e. The summed E-state index contributed by atoms with van der Waals surface area (Å²) in [6, 6.07) is 4.04. The Kier molecular flexibility index (Phi) is 2.98. The second kappa shape index (κ2) is 4.61. The lowest BCUT2D eigenvalue weighted by molar-refractivity contribution is 0.437. The van der Waals surface area contributed by atoms with Crippen molar-refractivity contribution in [2.75, 3.05) is 0 Å². The van der Waals surface area contributed by atoms with E-state index in [0.717, 1.165) is 10.8 Å². The molecule has 0 unspecified atom stereocenters. The van der Waals surface area contributed by atoms with E-state index in [1.165, 1.54) is 37.8 Å². The number of pyridine rings is 2. The summed E-state index contributed by atoms with van der Waals surface area (Å²) < 4.78 is 0. The maximum absolute atomic E-state index is 5.87. The molecule has 0 aliphatic heterocycles. The lowest BCUT2D eigenvalue weighted by Crippen LogP contribution is -2.06. The Morgan fingerprint density at radius 3 is 2.47 bits per heavy atom. The quantitative estimate of drug-likeness (QED) is 0.700. The van der Waals surface area contributed by atoms with Gasteiger partial charge in [-0.25, -0.2) is 4.98 Å². The van der Waals surface area contributed by atoms with Crippen molar-refractivity contribution >= 4 is 22.4 Å². The SMILES string of the molecule is Clc1cc2cnc(C3CCCCC3)cc2cn1. The van der Waals surface area contributed by atoms with Gasteiger partial charge < -0.3 is 0 Å². The van der Waals surface area contributed by atoms with E-state index >= 15 is 0 Å². The van der Waals surface area contributed by atoms with E-state index in [-0.39, 0.29) is 0 Å². The predicted octanol–water partition coefficient (Wildman–Crippen LogP) is 4.33. The standard InChI is InChI=1S/C14H15ClN2/c15-14-7-12-8-16-13(6-11(12)9-17-14)10-4-2-1-3-5-10/h6-10H,1-5H2. The minimum absolute atomic E-state index is 0.532. The molecule has 2 nitrogen and oxygen atoms in total. The number of rotatable bonds is 1. The van der Waals surface area contributed by atoms with Gasteiger partial charge in [0.05, 0.1) is 0 Å². The summed E-state index contributed by atoms with van der Waals surface area (Å²) in [7, 11) is 0. The second-order valence-electron chi connectivity index (χ2n) is 4.80. The average Bonchev–Trinajstić information content (AvgIpc) is 2.39. The molecule has 0 aromatic carbocycles. The van der Waals surface area contributed by atoms with Gasteiger partial charge in [-0.2, -0.15) is 0 Å². The van der Waals surface area contributed by atoms with Crippen LogP contribution in [0.2, 0.25) is 5.15 Å². The highest BCUT2D eigenvalue weighted by Gasteiger charge is 2.16. The maximum Gasteiger partial charge on any atom is 0.129 e. The fraction of sp³-hybridized carbons (Fsp3) is 0.429. The number of hydrogen-bond acceptors (Lipinski definition) is 2. The van der Waals surface area contributed by atoms with E-state index in [2.05, 4.69) is 16.0 Å². The fourth-order valence-corrected chi connectivity index (χ4v) is 2.82. The first kappa shape index (κ1) is 11.0. The topological polar surface area (TPSA) is 25.8 Å². The van der Waals surface area contributed by atoms with Crippen molar-refractivity contribution < 1.29 is 0 Å². The highest BCUT2D eigenvalue weighted by molar-refractivity contribution is 6.30. The highest BCUT2D eigenvalue weighted by atomic mass is 35.5. The van der Waals surface area contributed by atoms with E-state index in [0.29, 0.717) is 11.1 Å². The Bertz CT molecular complexity index is 533. The zero-order valence-electron chi connectivity index (χ0n) is 9.69. The molecule has 0 radical (unpaired) electrons.